The first-order valence-electron chi connectivity index (χ1n) is 10.7. The number of fused-ring (bicyclic) bond motifs is 3. The average Bonchev–Trinajstić information content (AvgIpc) is 3.47. The minimum Gasteiger partial charge on any atom is -0.465 e. The van der Waals surface area contributed by atoms with Crippen LogP contribution in [0.3, 0.4) is 0 Å². The molecule has 10 heteroatoms. The van der Waals surface area contributed by atoms with E-state index >= 15 is 0 Å². The molecule has 32 heavy (non-hydrogen) atoms. The van der Waals surface area contributed by atoms with Crippen LogP contribution in [0.15, 0.2) is 5.03 Å². The molecule has 0 spiro atoms. The van der Waals surface area contributed by atoms with Crippen molar-refractivity contribution >= 4 is 61.7 Å². The summed E-state index contributed by atoms with van der Waals surface area (Å²) in [7, 11) is 1.33. The number of aryl methyl sites for hydroxylation is 2. The Labute approximate surface area is 198 Å². The van der Waals surface area contributed by atoms with Crippen LogP contribution in [0.4, 0.5) is 5.13 Å². The molecular weight excluding hydrogens is 464 g/mol. The van der Waals surface area contributed by atoms with Gasteiger partial charge in [-0.1, -0.05) is 30.0 Å². The predicted molar refractivity (Wildman–Crippen MR) is 128 cm³/mol. The number of ether oxygens (including phenoxy) is 1. The molecule has 2 aliphatic carbocycles. The Bertz CT molecular complexity index is 1210. The summed E-state index contributed by atoms with van der Waals surface area (Å²) in [5, 5.41) is 5.29. The van der Waals surface area contributed by atoms with Crippen LogP contribution in [-0.2, 0) is 22.4 Å². The number of carbonyl (C=O) groups is 2. The molecule has 0 radical (unpaired) electrons. The Hall–Kier alpha value is -2.04. The van der Waals surface area contributed by atoms with Gasteiger partial charge in [0.05, 0.1) is 18.6 Å². The molecule has 0 aromatic carbocycles. The predicted octanol–water partition coefficient (Wildman–Crippen LogP) is 4.98. The van der Waals surface area contributed by atoms with E-state index in [1.807, 2.05) is 0 Å². The molecule has 5 rings (SSSR count). The second kappa shape index (κ2) is 8.72. The van der Waals surface area contributed by atoms with E-state index in [4.69, 9.17) is 14.7 Å². The zero-order valence-corrected chi connectivity index (χ0v) is 20.6. The highest BCUT2D eigenvalue weighted by atomic mass is 32.2. The van der Waals surface area contributed by atoms with Crippen molar-refractivity contribution < 1.29 is 14.3 Å². The lowest BCUT2D eigenvalue weighted by atomic mass is 9.89. The van der Waals surface area contributed by atoms with E-state index < -0.39 is 5.97 Å². The standard InChI is InChI=1S/C22H24N4O3S3/c1-10-4-7-13-14(8-10)31-20-16(13)19(25-18(26-20)12-5-6-12)30-9-15(27)24-22-23-11(2)17(32-22)21(28)29-3/h10,12H,4-9H2,1-3H3,(H,23,24,27)/t10-/m0/s1. The number of thiazole rings is 1. The van der Waals surface area contributed by atoms with Crippen molar-refractivity contribution in [1.82, 2.24) is 15.0 Å². The third-order valence-electron chi connectivity index (χ3n) is 5.84. The molecule has 7 nitrogen and oxygen atoms in total. The van der Waals surface area contributed by atoms with Crippen LogP contribution in [0.5, 0.6) is 0 Å². The van der Waals surface area contributed by atoms with Gasteiger partial charge in [-0.2, -0.15) is 0 Å². The van der Waals surface area contributed by atoms with Crippen molar-refractivity contribution in [3.05, 3.63) is 26.8 Å². The molecule has 3 aromatic rings. The molecule has 0 aliphatic heterocycles. The summed E-state index contributed by atoms with van der Waals surface area (Å²) in [5.74, 6) is 1.69. The molecule has 0 bridgehead atoms. The van der Waals surface area contributed by atoms with Gasteiger partial charge in [-0.25, -0.2) is 19.7 Å². The first kappa shape index (κ1) is 21.8. The molecule has 168 valence electrons. The summed E-state index contributed by atoms with van der Waals surface area (Å²) in [5.41, 5.74) is 1.93. The maximum absolute atomic E-state index is 12.7. The van der Waals surface area contributed by atoms with E-state index in [0.717, 1.165) is 58.1 Å². The van der Waals surface area contributed by atoms with Gasteiger partial charge >= 0.3 is 5.97 Å². The largest absolute Gasteiger partial charge is 0.465 e. The van der Waals surface area contributed by atoms with E-state index in [9.17, 15) is 9.59 Å². The number of aromatic nitrogens is 3. The van der Waals surface area contributed by atoms with E-state index in [0.29, 0.717) is 27.5 Å². The first-order chi connectivity index (χ1) is 15.4. The number of hydrogen-bond acceptors (Lipinski definition) is 9. The molecule has 3 aromatic heterocycles. The van der Waals surface area contributed by atoms with Crippen LogP contribution in [0.1, 0.15) is 63.7 Å². The number of esters is 1. The Balaban J connectivity index is 1.37. The number of amides is 1. The number of nitrogens with zero attached hydrogens (tertiary/aromatic N) is 3. The average molecular weight is 489 g/mol. The van der Waals surface area contributed by atoms with E-state index in [1.165, 1.54) is 35.7 Å². The maximum atomic E-state index is 12.7. The lowest BCUT2D eigenvalue weighted by Gasteiger charge is -2.18. The van der Waals surface area contributed by atoms with Crippen molar-refractivity contribution in [2.75, 3.05) is 18.2 Å². The molecule has 0 unspecified atom stereocenters. The molecule has 0 saturated heterocycles. The number of carbonyl (C=O) groups excluding carboxylic acids is 2. The van der Waals surface area contributed by atoms with Gasteiger partial charge in [-0.3, -0.25) is 4.79 Å². The molecule has 2 aliphatic rings. The minimum absolute atomic E-state index is 0.169. The van der Waals surface area contributed by atoms with Gasteiger partial charge in [0.25, 0.3) is 0 Å². The Morgan fingerprint density at radius 2 is 2.00 bits per heavy atom. The normalized spacial score (nSPS) is 17.9. The molecule has 1 amide bonds. The second-order valence-corrected chi connectivity index (χ2v) is 11.5. The summed E-state index contributed by atoms with van der Waals surface area (Å²) in [6, 6.07) is 0. The SMILES string of the molecule is COC(=O)c1sc(NC(=O)CSc2nc(C3CC3)nc3sc4c(c23)CC[C@H](C)C4)nc1C. The van der Waals surface area contributed by atoms with Gasteiger partial charge < -0.3 is 10.1 Å². The van der Waals surface area contributed by atoms with Crippen LogP contribution >= 0.6 is 34.4 Å². The maximum Gasteiger partial charge on any atom is 0.350 e. The van der Waals surface area contributed by atoms with Crippen LogP contribution in [-0.4, -0.2) is 39.7 Å². The number of nitrogens with one attached hydrogen (secondary N) is 1. The number of thiophene rings is 1. The number of anilines is 1. The van der Waals surface area contributed by atoms with Gasteiger partial charge in [0.1, 0.15) is 20.6 Å². The Kier molecular flexibility index (Phi) is 5.94. The summed E-state index contributed by atoms with van der Waals surface area (Å²) in [4.78, 5) is 41.4. The fraction of sp³-hybridized carbons (Fsp3) is 0.500. The zero-order valence-electron chi connectivity index (χ0n) is 18.2. The summed E-state index contributed by atoms with van der Waals surface area (Å²) in [6.45, 7) is 4.03. The van der Waals surface area contributed by atoms with Gasteiger partial charge in [0.15, 0.2) is 5.13 Å². The lowest BCUT2D eigenvalue weighted by Crippen LogP contribution is -2.14. The molecular formula is C22H24N4O3S3. The highest BCUT2D eigenvalue weighted by molar-refractivity contribution is 8.00. The minimum atomic E-state index is -0.442. The molecule has 1 N–H and O–H groups in total. The molecule has 3 heterocycles. The lowest BCUT2D eigenvalue weighted by molar-refractivity contribution is -0.113. The fourth-order valence-corrected chi connectivity index (χ4v) is 7.19. The van der Waals surface area contributed by atoms with Crippen molar-refractivity contribution in [3.63, 3.8) is 0 Å². The van der Waals surface area contributed by atoms with E-state index in [-0.39, 0.29) is 11.7 Å². The summed E-state index contributed by atoms with van der Waals surface area (Å²) in [6.07, 6.45) is 5.62. The van der Waals surface area contributed by atoms with Gasteiger partial charge in [-0.15, -0.1) is 11.3 Å². The Morgan fingerprint density at radius 1 is 1.19 bits per heavy atom. The fourth-order valence-electron chi connectivity index (χ4n) is 3.97. The number of rotatable bonds is 6. The molecule has 1 saturated carbocycles. The van der Waals surface area contributed by atoms with Crippen LogP contribution in [0.25, 0.3) is 10.2 Å². The van der Waals surface area contributed by atoms with Gasteiger partial charge in [0.2, 0.25) is 5.91 Å². The number of methoxy groups -OCH3 is 1. The number of hydrogen-bond donors (Lipinski definition) is 1. The molecule has 1 atom stereocenters. The van der Waals surface area contributed by atoms with Crippen LogP contribution in [0.2, 0.25) is 0 Å². The monoisotopic (exact) mass is 488 g/mol. The van der Waals surface area contributed by atoms with Crippen LogP contribution < -0.4 is 5.32 Å². The van der Waals surface area contributed by atoms with Crippen molar-refractivity contribution in [2.45, 2.75) is 56.9 Å². The highest BCUT2D eigenvalue weighted by Crippen LogP contribution is 2.44. The summed E-state index contributed by atoms with van der Waals surface area (Å²) < 4.78 is 4.76. The number of thioether (sulfide) groups is 1. The highest BCUT2D eigenvalue weighted by Gasteiger charge is 2.30. The van der Waals surface area contributed by atoms with Crippen LogP contribution in [0, 0.1) is 12.8 Å². The van der Waals surface area contributed by atoms with Crippen molar-refractivity contribution in [1.29, 1.82) is 0 Å². The van der Waals surface area contributed by atoms with Gasteiger partial charge in [0, 0.05) is 16.2 Å². The third-order valence-corrected chi connectivity index (χ3v) is 9.01. The summed E-state index contributed by atoms with van der Waals surface area (Å²) >= 11 is 4.40. The third kappa shape index (κ3) is 4.27. The first-order valence-corrected chi connectivity index (χ1v) is 13.3. The quantitative estimate of drug-likeness (QED) is 0.297. The van der Waals surface area contributed by atoms with Gasteiger partial charge in [-0.05, 0) is 50.5 Å². The zero-order chi connectivity index (χ0) is 22.4. The molecule has 1 fully saturated rings. The van der Waals surface area contributed by atoms with E-state index in [1.54, 1.807) is 18.3 Å². The topological polar surface area (TPSA) is 94.1 Å². The second-order valence-electron chi connectivity index (χ2n) is 8.46. The van der Waals surface area contributed by atoms with Crippen molar-refractivity contribution in [2.24, 2.45) is 5.92 Å². The van der Waals surface area contributed by atoms with E-state index in [2.05, 4.69) is 17.2 Å². The van der Waals surface area contributed by atoms with Crippen molar-refractivity contribution in [3.8, 4) is 0 Å². The smallest absolute Gasteiger partial charge is 0.350 e. The Morgan fingerprint density at radius 3 is 2.75 bits per heavy atom.